The molecule has 1 unspecified atom stereocenters. The maximum absolute atomic E-state index is 11.6. The first-order valence-electron chi connectivity index (χ1n) is 15.4. The van der Waals surface area contributed by atoms with Crippen molar-refractivity contribution >= 4 is 34.9 Å². The van der Waals surface area contributed by atoms with Crippen molar-refractivity contribution in [2.45, 2.75) is 148 Å². The molecule has 0 heterocycles. The minimum Gasteiger partial charge on any atom is -0.481 e. The van der Waals surface area contributed by atoms with Gasteiger partial charge in [0.25, 0.3) is 0 Å². The Morgan fingerprint density at radius 1 is 0.854 bits per heavy atom. The van der Waals surface area contributed by atoms with E-state index in [2.05, 4.69) is 72.5 Å². The van der Waals surface area contributed by atoms with Gasteiger partial charge in [-0.3, -0.25) is 9.59 Å². The van der Waals surface area contributed by atoms with E-state index in [1.807, 2.05) is 0 Å². The predicted octanol–water partition coefficient (Wildman–Crippen LogP) is 7.35. The highest BCUT2D eigenvalue weighted by Crippen LogP contribution is 2.42. The summed E-state index contributed by atoms with van der Waals surface area (Å²) in [5.74, 6) is -0.679. The van der Waals surface area contributed by atoms with Gasteiger partial charge in [0.05, 0.1) is 37.8 Å². The number of aliphatic hydroxyl groups is 1. The maximum Gasteiger partial charge on any atom is 0.312 e. The molecule has 0 aromatic carbocycles. The normalized spacial score (nSPS) is 19.0. The van der Waals surface area contributed by atoms with Crippen LogP contribution in [0.1, 0.15) is 106 Å². The summed E-state index contributed by atoms with van der Waals surface area (Å²) in [4.78, 5) is 32.7. The zero-order valence-corrected chi connectivity index (χ0v) is 30.1. The van der Waals surface area contributed by atoms with Crippen molar-refractivity contribution < 1.29 is 38.2 Å². The van der Waals surface area contributed by atoms with Crippen molar-refractivity contribution in [2.75, 3.05) is 20.3 Å². The van der Waals surface area contributed by atoms with Crippen LogP contribution in [0.3, 0.4) is 0 Å². The molecule has 0 aromatic heterocycles. The molecule has 2 fully saturated rings. The zero-order chi connectivity index (χ0) is 32.1. The summed E-state index contributed by atoms with van der Waals surface area (Å²) < 4.78 is 16.2. The van der Waals surface area contributed by atoms with Gasteiger partial charge in [0, 0.05) is 0 Å². The number of hydrogen-bond acceptors (Lipinski definition) is 7. The third-order valence-electron chi connectivity index (χ3n) is 9.68. The zero-order valence-electron chi connectivity index (χ0n) is 28.1. The van der Waals surface area contributed by atoms with Crippen LogP contribution in [-0.2, 0) is 28.0 Å². The molecule has 242 valence electrons. The molecular formula is C31H62O8Si2. The van der Waals surface area contributed by atoms with Crippen LogP contribution >= 0.6 is 0 Å². The van der Waals surface area contributed by atoms with E-state index in [4.69, 9.17) is 8.85 Å². The SMILES string of the molecule is CC(C)(C)[Si](C)(C)OCC(O)C1(C(=O)O)CCCCC1.CC(C)(C)[Si](C)(C)OCC=O.COC(=O)C1CCCCC1. The molecule has 1 atom stereocenters. The Bertz CT molecular complexity index is 787. The van der Waals surface area contributed by atoms with Crippen molar-refractivity contribution in [1.82, 2.24) is 0 Å². The van der Waals surface area contributed by atoms with Gasteiger partial charge in [-0.25, -0.2) is 0 Å². The van der Waals surface area contributed by atoms with Crippen LogP contribution in [0, 0.1) is 11.3 Å². The van der Waals surface area contributed by atoms with Gasteiger partial charge in [-0.05, 0) is 61.9 Å². The second-order valence-electron chi connectivity index (χ2n) is 14.7. The number of aliphatic carboxylic acids is 1. The van der Waals surface area contributed by atoms with Crippen molar-refractivity contribution in [3.05, 3.63) is 0 Å². The van der Waals surface area contributed by atoms with Crippen LogP contribution in [0.25, 0.3) is 0 Å². The maximum atomic E-state index is 11.6. The first-order chi connectivity index (χ1) is 18.7. The molecule has 2 aliphatic rings. The lowest BCUT2D eigenvalue weighted by molar-refractivity contribution is -0.162. The molecule has 2 saturated carbocycles. The molecule has 0 radical (unpaired) electrons. The van der Waals surface area contributed by atoms with Crippen LogP contribution in [0.2, 0.25) is 36.3 Å². The number of aldehydes is 1. The van der Waals surface area contributed by atoms with E-state index in [0.717, 1.165) is 38.4 Å². The number of rotatable bonds is 9. The summed E-state index contributed by atoms with van der Waals surface area (Å²) in [6.07, 6.45) is 9.59. The summed E-state index contributed by atoms with van der Waals surface area (Å²) in [7, 11) is -2.14. The van der Waals surface area contributed by atoms with E-state index in [9.17, 15) is 24.6 Å². The Morgan fingerprint density at radius 3 is 1.68 bits per heavy atom. The smallest absolute Gasteiger partial charge is 0.312 e. The molecule has 2 rings (SSSR count). The topological polar surface area (TPSA) is 119 Å². The minimum absolute atomic E-state index is 0.0142. The van der Waals surface area contributed by atoms with E-state index in [0.29, 0.717) is 12.8 Å². The lowest BCUT2D eigenvalue weighted by Crippen LogP contribution is -2.49. The fourth-order valence-corrected chi connectivity index (χ4v) is 6.42. The molecule has 8 nitrogen and oxygen atoms in total. The molecule has 0 aromatic rings. The van der Waals surface area contributed by atoms with E-state index in [-0.39, 0.29) is 35.2 Å². The molecule has 2 N–H and O–H groups in total. The highest BCUT2D eigenvalue weighted by atomic mass is 28.4. The number of carbonyl (C=O) groups excluding carboxylic acids is 2. The summed E-state index contributed by atoms with van der Waals surface area (Å²) in [5.41, 5.74) is -0.999. The van der Waals surface area contributed by atoms with E-state index in [1.54, 1.807) is 0 Å². The van der Waals surface area contributed by atoms with Crippen LogP contribution in [0.4, 0.5) is 0 Å². The fraction of sp³-hybridized carbons (Fsp3) is 0.903. The van der Waals surface area contributed by atoms with Gasteiger partial charge >= 0.3 is 11.9 Å². The van der Waals surface area contributed by atoms with Crippen LogP contribution in [0.5, 0.6) is 0 Å². The predicted molar refractivity (Wildman–Crippen MR) is 170 cm³/mol. The second-order valence-corrected chi connectivity index (χ2v) is 24.3. The molecular weight excluding hydrogens is 557 g/mol. The molecule has 41 heavy (non-hydrogen) atoms. The first-order valence-corrected chi connectivity index (χ1v) is 21.2. The first kappa shape index (κ1) is 39.9. The van der Waals surface area contributed by atoms with Gasteiger partial charge in [0.1, 0.15) is 6.29 Å². The summed E-state index contributed by atoms with van der Waals surface area (Å²) in [6.45, 7) is 21.8. The number of carbonyl (C=O) groups is 3. The highest BCUT2D eigenvalue weighted by molar-refractivity contribution is 6.74. The highest BCUT2D eigenvalue weighted by Gasteiger charge is 2.47. The van der Waals surface area contributed by atoms with Gasteiger partial charge in [-0.2, -0.15) is 0 Å². The summed E-state index contributed by atoms with van der Waals surface area (Å²) in [6, 6.07) is 0. The van der Waals surface area contributed by atoms with Gasteiger partial charge in [-0.1, -0.05) is 80.1 Å². The standard InChI is InChI=1S/C15H30O4Si.C8H18O2Si.C8H14O2/c1-14(2,3)20(4,5)19-11-12(16)15(13(17)18)9-7-6-8-10-15;1-8(2,3)11(4,5)10-7-6-9;1-10-8(9)7-5-3-2-4-6-7/h12,16H,6-11H2,1-5H3,(H,17,18);6H,7H2,1-5H3;7H,2-6H2,1H3. The molecule has 10 heteroatoms. The Labute approximate surface area is 252 Å². The number of carboxylic acid groups (broad SMARTS) is 1. The van der Waals surface area contributed by atoms with Crippen molar-refractivity contribution in [3.63, 3.8) is 0 Å². The molecule has 0 aliphatic heterocycles. The van der Waals surface area contributed by atoms with E-state index >= 15 is 0 Å². The van der Waals surface area contributed by atoms with Crippen molar-refractivity contribution in [3.8, 4) is 0 Å². The number of carboxylic acids is 1. The average Bonchev–Trinajstić information content (AvgIpc) is 2.90. The third kappa shape index (κ3) is 13.0. The third-order valence-corrected chi connectivity index (χ3v) is 18.7. The molecule has 2 aliphatic carbocycles. The molecule has 0 saturated heterocycles. The summed E-state index contributed by atoms with van der Waals surface area (Å²) in [5, 5.41) is 20.3. The summed E-state index contributed by atoms with van der Waals surface area (Å²) >= 11 is 0. The lowest BCUT2D eigenvalue weighted by atomic mass is 9.70. The van der Waals surface area contributed by atoms with Crippen molar-refractivity contribution in [1.29, 1.82) is 0 Å². The average molecular weight is 619 g/mol. The minimum atomic E-state index is -1.95. The van der Waals surface area contributed by atoms with Gasteiger partial charge in [0.2, 0.25) is 0 Å². The number of methoxy groups -OCH3 is 1. The van der Waals surface area contributed by atoms with Crippen LogP contribution in [-0.4, -0.2) is 71.5 Å². The fourth-order valence-electron chi connectivity index (χ4n) is 4.50. The monoisotopic (exact) mass is 618 g/mol. The van der Waals surface area contributed by atoms with E-state index in [1.165, 1.54) is 26.4 Å². The Kier molecular flexibility index (Phi) is 16.8. The Morgan fingerprint density at radius 2 is 1.29 bits per heavy atom. The van der Waals surface area contributed by atoms with Gasteiger partial charge in [0.15, 0.2) is 16.6 Å². The van der Waals surface area contributed by atoms with E-state index < -0.39 is 34.1 Å². The number of aliphatic hydroxyl groups excluding tert-OH is 1. The number of esters is 1. The number of ether oxygens (including phenoxy) is 1. The Hall–Kier alpha value is -1.08. The molecule has 0 spiro atoms. The largest absolute Gasteiger partial charge is 0.481 e. The van der Waals surface area contributed by atoms with Crippen LogP contribution < -0.4 is 0 Å². The van der Waals surface area contributed by atoms with Gasteiger partial charge < -0.3 is 28.6 Å². The lowest BCUT2D eigenvalue weighted by Gasteiger charge is -2.41. The molecule has 0 amide bonds. The Balaban J connectivity index is 0.000000643. The number of hydrogen-bond donors (Lipinski definition) is 2. The van der Waals surface area contributed by atoms with Crippen molar-refractivity contribution in [2.24, 2.45) is 11.3 Å². The van der Waals surface area contributed by atoms with Gasteiger partial charge in [-0.15, -0.1) is 0 Å². The molecule has 0 bridgehead atoms. The van der Waals surface area contributed by atoms with Crippen LogP contribution in [0.15, 0.2) is 0 Å². The quantitative estimate of drug-likeness (QED) is 0.156. The second kappa shape index (κ2) is 17.3.